The maximum Gasteiger partial charge on any atom is 0.0492 e. The number of nitrogens with zero attached hydrogens (tertiary/aromatic N) is 2. The van der Waals surface area contributed by atoms with E-state index < -0.39 is 0 Å². The summed E-state index contributed by atoms with van der Waals surface area (Å²) in [5.41, 5.74) is 2.61. The Bertz CT molecular complexity index is 568. The van der Waals surface area contributed by atoms with E-state index in [1.807, 2.05) is 17.9 Å². The first-order valence-electron chi connectivity index (χ1n) is 6.77. The first-order chi connectivity index (χ1) is 9.61. The highest BCUT2D eigenvalue weighted by Gasteiger charge is 2.14. The summed E-state index contributed by atoms with van der Waals surface area (Å²) in [6.07, 6.45) is 3.94. The molecule has 0 fully saturated rings. The molecule has 1 aromatic heterocycles. The Hall–Kier alpha value is -0.400. The van der Waals surface area contributed by atoms with Gasteiger partial charge in [0.25, 0.3) is 0 Å². The van der Waals surface area contributed by atoms with E-state index in [0.717, 1.165) is 19.4 Å². The van der Waals surface area contributed by atoms with Crippen LogP contribution in [0.3, 0.4) is 0 Å². The zero-order valence-corrected chi connectivity index (χ0v) is 15.5. The van der Waals surface area contributed by atoms with Gasteiger partial charge in [-0.1, -0.05) is 22.9 Å². The van der Waals surface area contributed by atoms with Crippen molar-refractivity contribution in [3.05, 3.63) is 49.8 Å². The molecule has 2 aromatic rings. The van der Waals surface area contributed by atoms with Crippen LogP contribution in [0.2, 0.25) is 0 Å². The largest absolute Gasteiger partial charge is 0.310 e. The summed E-state index contributed by atoms with van der Waals surface area (Å²) in [5, 5.41) is 7.82. The number of halogens is 2. The van der Waals surface area contributed by atoms with Gasteiger partial charge < -0.3 is 5.32 Å². The second kappa shape index (κ2) is 7.56. The van der Waals surface area contributed by atoms with Gasteiger partial charge in [-0.2, -0.15) is 5.10 Å². The van der Waals surface area contributed by atoms with Crippen molar-refractivity contribution in [1.82, 2.24) is 15.1 Å². The molecule has 0 bridgehead atoms. The second-order valence-electron chi connectivity index (χ2n) is 4.76. The zero-order chi connectivity index (χ0) is 14.5. The number of aromatic nitrogens is 2. The molecule has 1 atom stereocenters. The van der Waals surface area contributed by atoms with Gasteiger partial charge in [0.2, 0.25) is 0 Å². The Morgan fingerprint density at radius 1 is 1.40 bits per heavy atom. The van der Waals surface area contributed by atoms with E-state index in [9.17, 15) is 0 Å². The molecule has 0 saturated heterocycles. The fourth-order valence-corrected chi connectivity index (χ4v) is 3.37. The molecule has 0 radical (unpaired) electrons. The summed E-state index contributed by atoms with van der Waals surface area (Å²) in [6.45, 7) is 3.12. The van der Waals surface area contributed by atoms with Crippen molar-refractivity contribution in [2.24, 2.45) is 7.05 Å². The fourth-order valence-electron chi connectivity index (χ4n) is 2.33. The Morgan fingerprint density at radius 2 is 2.20 bits per heavy atom. The van der Waals surface area contributed by atoms with Crippen LogP contribution in [0.15, 0.2) is 34.9 Å². The quantitative estimate of drug-likeness (QED) is 0.676. The molecular weight excluding hydrogens is 429 g/mol. The average molecular weight is 448 g/mol. The monoisotopic (exact) mass is 447 g/mol. The molecule has 5 heteroatoms. The predicted molar refractivity (Wildman–Crippen MR) is 94.8 cm³/mol. The van der Waals surface area contributed by atoms with Crippen LogP contribution in [-0.4, -0.2) is 16.3 Å². The summed E-state index contributed by atoms with van der Waals surface area (Å²) in [4.78, 5) is 0. The lowest BCUT2D eigenvalue weighted by molar-refractivity contribution is 0.504. The van der Waals surface area contributed by atoms with Gasteiger partial charge in [0.15, 0.2) is 0 Å². The maximum atomic E-state index is 4.23. The number of hydrogen-bond donors (Lipinski definition) is 1. The minimum atomic E-state index is 0.360. The SMILES string of the molecule is CCNC(CCc1ccnn1C)c1cc(I)ccc1Br. The molecule has 1 heterocycles. The molecule has 3 nitrogen and oxygen atoms in total. The molecule has 0 aliphatic carbocycles. The van der Waals surface area contributed by atoms with E-state index >= 15 is 0 Å². The lowest BCUT2D eigenvalue weighted by Gasteiger charge is -2.20. The van der Waals surface area contributed by atoms with Crippen LogP contribution in [0.4, 0.5) is 0 Å². The Morgan fingerprint density at radius 3 is 2.85 bits per heavy atom. The molecule has 1 N–H and O–H groups in total. The zero-order valence-electron chi connectivity index (χ0n) is 11.7. The van der Waals surface area contributed by atoms with Crippen molar-refractivity contribution >= 4 is 38.5 Å². The standard InChI is InChI=1S/C15H19BrIN3/c1-3-18-15(7-5-12-8-9-19-20(12)2)13-10-11(17)4-6-14(13)16/h4,6,8-10,15,18H,3,5,7H2,1-2H3. The van der Waals surface area contributed by atoms with Gasteiger partial charge in [-0.15, -0.1) is 0 Å². The molecular formula is C15H19BrIN3. The van der Waals surface area contributed by atoms with Crippen LogP contribution >= 0.6 is 38.5 Å². The van der Waals surface area contributed by atoms with Gasteiger partial charge >= 0.3 is 0 Å². The highest BCUT2D eigenvalue weighted by atomic mass is 127. The molecule has 0 aliphatic heterocycles. The first kappa shape index (κ1) is 16.0. The Kier molecular flexibility index (Phi) is 6.04. The molecule has 0 saturated carbocycles. The molecule has 1 aromatic carbocycles. The van der Waals surface area contributed by atoms with Crippen LogP contribution < -0.4 is 5.32 Å². The number of hydrogen-bond acceptors (Lipinski definition) is 2. The van der Waals surface area contributed by atoms with Crippen molar-refractivity contribution in [2.75, 3.05) is 6.54 Å². The summed E-state index contributed by atoms with van der Waals surface area (Å²) < 4.78 is 4.39. The molecule has 108 valence electrons. The van der Waals surface area contributed by atoms with Gasteiger partial charge in [0.1, 0.15) is 0 Å². The van der Waals surface area contributed by atoms with Gasteiger partial charge in [-0.25, -0.2) is 0 Å². The van der Waals surface area contributed by atoms with E-state index in [4.69, 9.17) is 0 Å². The topological polar surface area (TPSA) is 29.9 Å². The highest BCUT2D eigenvalue weighted by Crippen LogP contribution is 2.28. The van der Waals surface area contributed by atoms with Crippen molar-refractivity contribution in [3.63, 3.8) is 0 Å². The number of nitrogens with one attached hydrogen (secondary N) is 1. The predicted octanol–water partition coefficient (Wildman–Crippen LogP) is 4.07. The van der Waals surface area contributed by atoms with Crippen molar-refractivity contribution in [1.29, 1.82) is 0 Å². The lowest BCUT2D eigenvalue weighted by atomic mass is 10.0. The van der Waals surface area contributed by atoms with Crippen molar-refractivity contribution in [2.45, 2.75) is 25.8 Å². The minimum absolute atomic E-state index is 0.360. The van der Waals surface area contributed by atoms with E-state index in [-0.39, 0.29) is 0 Å². The third kappa shape index (κ3) is 4.05. The highest BCUT2D eigenvalue weighted by molar-refractivity contribution is 14.1. The van der Waals surface area contributed by atoms with E-state index in [2.05, 4.69) is 80.1 Å². The third-order valence-electron chi connectivity index (χ3n) is 3.40. The van der Waals surface area contributed by atoms with Crippen LogP contribution in [0.25, 0.3) is 0 Å². The van der Waals surface area contributed by atoms with Crippen LogP contribution in [0, 0.1) is 3.57 Å². The van der Waals surface area contributed by atoms with E-state index in [1.165, 1.54) is 19.3 Å². The van der Waals surface area contributed by atoms with Gasteiger partial charge in [-0.3, -0.25) is 4.68 Å². The Labute approximate surface area is 142 Å². The molecule has 1 unspecified atom stereocenters. The molecule has 0 amide bonds. The maximum absolute atomic E-state index is 4.23. The van der Waals surface area contributed by atoms with Crippen LogP contribution in [0.5, 0.6) is 0 Å². The summed E-state index contributed by atoms with van der Waals surface area (Å²) >= 11 is 6.04. The molecule has 20 heavy (non-hydrogen) atoms. The summed E-state index contributed by atoms with van der Waals surface area (Å²) in [6, 6.07) is 8.96. The smallest absolute Gasteiger partial charge is 0.0492 e. The molecule has 0 spiro atoms. The van der Waals surface area contributed by atoms with Gasteiger partial charge in [0, 0.05) is 33.0 Å². The van der Waals surface area contributed by atoms with Crippen LogP contribution in [-0.2, 0) is 13.5 Å². The normalized spacial score (nSPS) is 12.6. The lowest BCUT2D eigenvalue weighted by Crippen LogP contribution is -2.22. The Balaban J connectivity index is 2.14. The third-order valence-corrected chi connectivity index (χ3v) is 4.79. The van der Waals surface area contributed by atoms with Gasteiger partial charge in [0.05, 0.1) is 0 Å². The van der Waals surface area contributed by atoms with Crippen LogP contribution in [0.1, 0.15) is 30.6 Å². The number of aryl methyl sites for hydroxylation is 2. The van der Waals surface area contributed by atoms with E-state index in [1.54, 1.807) is 0 Å². The molecule has 0 aliphatic rings. The summed E-state index contributed by atoms with van der Waals surface area (Å²) in [7, 11) is 2.00. The minimum Gasteiger partial charge on any atom is -0.310 e. The van der Waals surface area contributed by atoms with Gasteiger partial charge in [-0.05, 0) is 71.8 Å². The first-order valence-corrected chi connectivity index (χ1v) is 8.64. The molecule has 2 rings (SSSR count). The number of benzene rings is 1. The fraction of sp³-hybridized carbons (Fsp3) is 0.400. The number of rotatable bonds is 6. The average Bonchev–Trinajstić information content (AvgIpc) is 2.83. The van der Waals surface area contributed by atoms with E-state index in [0.29, 0.717) is 6.04 Å². The second-order valence-corrected chi connectivity index (χ2v) is 6.86. The van der Waals surface area contributed by atoms with Crippen molar-refractivity contribution < 1.29 is 0 Å². The summed E-state index contributed by atoms with van der Waals surface area (Å²) in [5.74, 6) is 0. The van der Waals surface area contributed by atoms with Crippen molar-refractivity contribution in [3.8, 4) is 0 Å².